The number of hydrogen-bond acceptors (Lipinski definition) is 4. The first-order valence-electron chi connectivity index (χ1n) is 14.2. The molecule has 0 aromatic heterocycles. The summed E-state index contributed by atoms with van der Waals surface area (Å²) >= 11 is 0. The molecule has 2 aliphatic heterocycles. The number of ether oxygens (including phenoxy) is 2. The van der Waals surface area contributed by atoms with Gasteiger partial charge in [0.15, 0.2) is 5.90 Å². The molecule has 3 aliphatic rings. The smallest absolute Gasteiger partial charge is 0.420 e. The summed E-state index contributed by atoms with van der Waals surface area (Å²) in [5.74, 6) is -1.44. The molecule has 220 valence electrons. The van der Waals surface area contributed by atoms with Crippen molar-refractivity contribution in [2.75, 3.05) is 0 Å². The lowest BCUT2D eigenvalue weighted by molar-refractivity contribution is -0.185. The number of benzene rings is 2. The van der Waals surface area contributed by atoms with E-state index in [-0.39, 0.29) is 60.9 Å². The van der Waals surface area contributed by atoms with Gasteiger partial charge in [0.2, 0.25) is 0 Å². The van der Waals surface area contributed by atoms with Crippen LogP contribution in [0.25, 0.3) is 10.8 Å². The minimum atomic E-state index is -4.71. The minimum absolute atomic E-state index is 0.0156. The lowest BCUT2D eigenvalue weighted by Gasteiger charge is -2.39. The van der Waals surface area contributed by atoms with E-state index in [0.29, 0.717) is 23.4 Å². The topological polar surface area (TPSA) is 45.5 Å². The number of alkyl halides is 6. The molecule has 5 rings (SSSR count). The molecule has 1 N–H and O–H groups in total. The second-order valence-corrected chi connectivity index (χ2v) is 11.8. The van der Waals surface area contributed by atoms with Gasteiger partial charge in [-0.2, -0.15) is 26.3 Å². The fraction of sp³-hybridized carbons (Fsp3) is 0.633. The molecule has 2 unspecified atom stereocenters. The van der Waals surface area contributed by atoms with E-state index in [4.69, 9.17) is 14.9 Å². The quantitative estimate of drug-likeness (QED) is 0.215. The first-order valence-corrected chi connectivity index (χ1v) is 14.2. The summed E-state index contributed by atoms with van der Waals surface area (Å²) in [6, 6.07) is 8.37. The predicted molar refractivity (Wildman–Crippen MR) is 140 cm³/mol. The average molecular weight is 571 g/mol. The van der Waals surface area contributed by atoms with Gasteiger partial charge in [0.25, 0.3) is 0 Å². The molecular weight excluding hydrogens is 534 g/mol. The Morgan fingerprint density at radius 3 is 2.15 bits per heavy atom. The maximum Gasteiger partial charge on any atom is 0.420 e. The number of halogens is 6. The Labute approximate surface area is 230 Å². The monoisotopic (exact) mass is 570 g/mol. The molecule has 2 saturated heterocycles. The molecule has 1 saturated carbocycles. The van der Waals surface area contributed by atoms with Crippen molar-refractivity contribution in [2.24, 2.45) is 11.8 Å². The van der Waals surface area contributed by atoms with E-state index in [2.05, 4.69) is 4.90 Å². The average Bonchev–Trinajstić information content (AvgIpc) is 3.08. The summed E-state index contributed by atoms with van der Waals surface area (Å²) in [4.78, 5) is 2.28. The van der Waals surface area contributed by atoms with Crippen molar-refractivity contribution < 1.29 is 35.8 Å². The first kappa shape index (κ1) is 29.0. The van der Waals surface area contributed by atoms with Gasteiger partial charge in [-0.3, -0.25) is 10.3 Å². The lowest BCUT2D eigenvalue weighted by Crippen LogP contribution is -2.44. The number of piperidine rings is 1. The van der Waals surface area contributed by atoms with Crippen LogP contribution in [0.5, 0.6) is 5.75 Å². The van der Waals surface area contributed by atoms with E-state index < -0.39 is 29.9 Å². The van der Waals surface area contributed by atoms with Crippen LogP contribution in [0.3, 0.4) is 0 Å². The van der Waals surface area contributed by atoms with Crippen LogP contribution in [0.1, 0.15) is 76.3 Å². The second kappa shape index (κ2) is 11.1. The highest BCUT2D eigenvalue weighted by Gasteiger charge is 2.45. The molecule has 0 radical (unpaired) electrons. The minimum Gasteiger partial charge on any atom is -0.490 e. The summed E-state index contributed by atoms with van der Waals surface area (Å²) in [7, 11) is 0. The molecule has 4 nitrogen and oxygen atoms in total. The third kappa shape index (κ3) is 6.06. The molecule has 10 heteroatoms. The van der Waals surface area contributed by atoms with Gasteiger partial charge in [-0.15, -0.1) is 0 Å². The van der Waals surface area contributed by atoms with Gasteiger partial charge < -0.3 is 9.47 Å². The lowest BCUT2D eigenvalue weighted by atomic mass is 9.87. The van der Waals surface area contributed by atoms with E-state index in [0.717, 1.165) is 25.7 Å². The highest BCUT2D eigenvalue weighted by Crippen LogP contribution is 2.46. The number of rotatable bonds is 6. The van der Waals surface area contributed by atoms with Gasteiger partial charge in [0.1, 0.15) is 11.3 Å². The van der Waals surface area contributed by atoms with Crippen molar-refractivity contribution in [2.45, 2.75) is 108 Å². The van der Waals surface area contributed by atoms with Gasteiger partial charge in [-0.05, 0) is 82.2 Å². The number of hydrogen-bond donors (Lipinski definition) is 1. The van der Waals surface area contributed by atoms with Crippen LogP contribution in [0.2, 0.25) is 0 Å². The fourth-order valence-corrected chi connectivity index (χ4v) is 6.93. The van der Waals surface area contributed by atoms with Crippen molar-refractivity contribution in [1.82, 2.24) is 4.90 Å². The van der Waals surface area contributed by atoms with Crippen molar-refractivity contribution >= 4 is 16.7 Å². The Bertz CT molecular complexity index is 1210. The van der Waals surface area contributed by atoms with E-state index in [1.54, 1.807) is 24.3 Å². The van der Waals surface area contributed by atoms with E-state index in [1.165, 1.54) is 6.07 Å². The highest BCUT2D eigenvalue weighted by molar-refractivity contribution is 5.91. The van der Waals surface area contributed by atoms with Crippen molar-refractivity contribution in [3.63, 3.8) is 0 Å². The Morgan fingerprint density at radius 2 is 1.57 bits per heavy atom. The molecule has 1 aliphatic carbocycles. The zero-order chi connectivity index (χ0) is 28.8. The van der Waals surface area contributed by atoms with Crippen LogP contribution in [-0.4, -0.2) is 41.3 Å². The number of nitrogens with zero attached hydrogens (tertiary/aromatic N) is 1. The molecule has 2 atom stereocenters. The predicted octanol–water partition coefficient (Wildman–Crippen LogP) is 8.50. The Balaban J connectivity index is 1.41. The maximum absolute atomic E-state index is 14.6. The third-order valence-corrected chi connectivity index (χ3v) is 8.78. The molecule has 2 bridgehead atoms. The van der Waals surface area contributed by atoms with Gasteiger partial charge >= 0.3 is 12.4 Å². The van der Waals surface area contributed by atoms with Crippen molar-refractivity contribution in [3.8, 4) is 5.75 Å². The zero-order valence-corrected chi connectivity index (χ0v) is 22.7. The van der Waals surface area contributed by atoms with Crippen LogP contribution in [0.15, 0.2) is 30.3 Å². The summed E-state index contributed by atoms with van der Waals surface area (Å²) in [6.07, 6.45) is -6.58. The van der Waals surface area contributed by atoms with Gasteiger partial charge in [-0.25, -0.2) is 0 Å². The normalized spacial score (nSPS) is 27.8. The van der Waals surface area contributed by atoms with Crippen molar-refractivity contribution in [3.05, 3.63) is 41.5 Å². The van der Waals surface area contributed by atoms with Crippen LogP contribution >= 0.6 is 0 Å². The summed E-state index contributed by atoms with van der Waals surface area (Å²) in [5.41, 5.74) is -0.298. The van der Waals surface area contributed by atoms with Gasteiger partial charge in [0, 0.05) is 29.9 Å². The van der Waals surface area contributed by atoms with E-state index >= 15 is 0 Å². The SMILES string of the molecule is CC(C)OC(=N)C1CC2CCC(C1)N2Cc1cccc2ccc(OC3CCC(C(F)(F)F)CC3)c(C(F)(F)F)c12. The molecule has 40 heavy (non-hydrogen) atoms. The molecule has 2 heterocycles. The van der Waals surface area contributed by atoms with Gasteiger partial charge in [-0.1, -0.05) is 24.3 Å². The fourth-order valence-electron chi connectivity index (χ4n) is 6.93. The third-order valence-electron chi connectivity index (χ3n) is 8.78. The van der Waals surface area contributed by atoms with E-state index in [1.807, 2.05) is 13.8 Å². The standard InChI is InChI=1S/C30H36F6N2O2/c1-17(2)39-28(37)20-14-22-9-10-23(15-20)38(22)16-19-5-3-4-18-6-13-25(27(26(18)19)30(34,35)36)40-24-11-7-21(8-12-24)29(31,32)33/h3-6,13,17,20-24,37H,7-12,14-16H2,1-2H3. The molecular formula is C30H36F6N2O2. The summed E-state index contributed by atoms with van der Waals surface area (Å²) < 4.78 is 94.6. The second-order valence-electron chi connectivity index (χ2n) is 11.8. The Morgan fingerprint density at radius 1 is 0.925 bits per heavy atom. The number of fused-ring (bicyclic) bond motifs is 3. The van der Waals surface area contributed by atoms with Crippen molar-refractivity contribution in [1.29, 1.82) is 5.41 Å². The van der Waals surface area contributed by atoms with Crippen LogP contribution in [0, 0.1) is 17.2 Å². The summed E-state index contributed by atoms with van der Waals surface area (Å²) in [6.45, 7) is 4.13. The van der Waals surface area contributed by atoms with Gasteiger partial charge in [0.05, 0.1) is 18.1 Å². The maximum atomic E-state index is 14.6. The Kier molecular flexibility index (Phi) is 8.03. The molecule has 3 fully saturated rings. The zero-order valence-electron chi connectivity index (χ0n) is 22.7. The molecule has 2 aromatic rings. The highest BCUT2D eigenvalue weighted by atomic mass is 19.4. The first-order chi connectivity index (χ1) is 18.8. The van der Waals surface area contributed by atoms with Crippen LogP contribution in [-0.2, 0) is 17.5 Å². The number of nitrogens with one attached hydrogen (secondary N) is 1. The van der Waals surface area contributed by atoms with Crippen LogP contribution < -0.4 is 4.74 Å². The molecule has 0 amide bonds. The summed E-state index contributed by atoms with van der Waals surface area (Å²) in [5, 5.41) is 8.89. The van der Waals surface area contributed by atoms with Crippen LogP contribution in [0.4, 0.5) is 26.3 Å². The van der Waals surface area contributed by atoms with E-state index in [9.17, 15) is 26.3 Å². The largest absolute Gasteiger partial charge is 0.490 e. The Hall–Kier alpha value is -2.49. The molecule has 2 aromatic carbocycles. The molecule has 0 spiro atoms.